The molecule has 0 amide bonds. The van der Waals surface area contributed by atoms with Gasteiger partial charge in [-0.2, -0.15) is 0 Å². The van der Waals surface area contributed by atoms with Crippen LogP contribution < -0.4 is 5.73 Å². The lowest BCUT2D eigenvalue weighted by atomic mass is 10.1. The highest BCUT2D eigenvalue weighted by Crippen LogP contribution is 2.10. The number of imidazole rings is 1. The molecule has 0 aliphatic heterocycles. The monoisotopic (exact) mass is 243 g/mol. The molecule has 0 aliphatic carbocycles. The van der Waals surface area contributed by atoms with Crippen molar-refractivity contribution in [3.8, 4) is 0 Å². The molecule has 0 saturated carbocycles. The molecule has 2 rings (SSSR count). The van der Waals surface area contributed by atoms with Crippen molar-refractivity contribution in [1.82, 2.24) is 9.55 Å². The van der Waals surface area contributed by atoms with E-state index >= 15 is 0 Å². The summed E-state index contributed by atoms with van der Waals surface area (Å²) in [6.07, 6.45) is 4.83. The molecule has 2 aromatic rings. The number of hydrogen-bond acceptors (Lipinski definition) is 3. The summed E-state index contributed by atoms with van der Waals surface area (Å²) in [5.74, 6) is 0.554. The van der Waals surface area contributed by atoms with E-state index in [0.717, 1.165) is 18.5 Å². The first-order chi connectivity index (χ1) is 8.70. The third kappa shape index (κ3) is 2.77. The topological polar surface area (TPSA) is 60.9 Å². The zero-order chi connectivity index (χ0) is 13.0. The number of aromatic nitrogens is 2. The number of hydrogen-bond donors (Lipinski definition) is 1. The summed E-state index contributed by atoms with van der Waals surface area (Å²) in [5.41, 5.74) is 7.30. The van der Waals surface area contributed by atoms with Crippen molar-refractivity contribution in [2.24, 2.45) is 0 Å². The lowest BCUT2D eigenvalue weighted by Crippen LogP contribution is -2.12. The highest BCUT2D eigenvalue weighted by Gasteiger charge is 2.13. The summed E-state index contributed by atoms with van der Waals surface area (Å²) in [5, 5.41) is 0. The van der Waals surface area contributed by atoms with Gasteiger partial charge in [-0.15, -0.1) is 0 Å². The molecular formula is C14H17N3O. The van der Waals surface area contributed by atoms with Gasteiger partial charge in [0.05, 0.1) is 0 Å². The van der Waals surface area contributed by atoms with Crippen molar-refractivity contribution in [1.29, 1.82) is 0 Å². The number of carbonyl (C=O) groups excluding carboxylic acids is 1. The Morgan fingerprint density at radius 3 is 3.00 bits per heavy atom. The number of anilines is 1. The van der Waals surface area contributed by atoms with E-state index in [0.29, 0.717) is 17.9 Å². The summed E-state index contributed by atoms with van der Waals surface area (Å²) in [6.45, 7) is 2.89. The molecule has 0 saturated heterocycles. The van der Waals surface area contributed by atoms with Gasteiger partial charge in [-0.05, 0) is 24.1 Å². The standard InChI is InChI=1S/C14H17N3O/c1-2-7-17-8-6-16-14(17)13(18)10-11-4-3-5-12(15)9-11/h3-6,8-9H,2,7,10,15H2,1H3. The Morgan fingerprint density at radius 2 is 2.28 bits per heavy atom. The van der Waals surface area contributed by atoms with Crippen LogP contribution in [0.25, 0.3) is 0 Å². The molecule has 0 radical (unpaired) electrons. The highest BCUT2D eigenvalue weighted by atomic mass is 16.1. The van der Waals surface area contributed by atoms with Crippen molar-refractivity contribution >= 4 is 11.5 Å². The van der Waals surface area contributed by atoms with Gasteiger partial charge in [-0.25, -0.2) is 4.98 Å². The number of nitrogens with zero attached hydrogens (tertiary/aromatic N) is 2. The number of nitrogens with two attached hydrogens (primary N) is 1. The minimum absolute atomic E-state index is 0.0269. The second-order valence-electron chi connectivity index (χ2n) is 4.29. The van der Waals surface area contributed by atoms with Crippen molar-refractivity contribution in [2.45, 2.75) is 26.3 Å². The van der Waals surface area contributed by atoms with E-state index < -0.39 is 0 Å². The van der Waals surface area contributed by atoms with Gasteiger partial charge in [0.2, 0.25) is 5.78 Å². The summed E-state index contributed by atoms with van der Waals surface area (Å²) in [7, 11) is 0. The average molecular weight is 243 g/mol. The van der Waals surface area contributed by atoms with Crippen molar-refractivity contribution in [2.75, 3.05) is 5.73 Å². The Hall–Kier alpha value is -2.10. The maximum Gasteiger partial charge on any atom is 0.202 e. The molecule has 4 heteroatoms. The van der Waals surface area contributed by atoms with Gasteiger partial charge in [0.15, 0.2) is 5.82 Å². The molecule has 0 fully saturated rings. The van der Waals surface area contributed by atoms with Crippen molar-refractivity contribution < 1.29 is 4.79 Å². The molecule has 1 aromatic carbocycles. The molecule has 0 aliphatic rings. The minimum atomic E-state index is 0.0269. The molecule has 0 atom stereocenters. The van der Waals surface area contributed by atoms with E-state index in [2.05, 4.69) is 11.9 Å². The first-order valence-electron chi connectivity index (χ1n) is 6.09. The smallest absolute Gasteiger partial charge is 0.202 e. The fraction of sp³-hybridized carbons (Fsp3) is 0.286. The Labute approximate surface area is 106 Å². The second-order valence-corrected chi connectivity index (χ2v) is 4.29. The zero-order valence-electron chi connectivity index (χ0n) is 10.5. The molecule has 94 valence electrons. The van der Waals surface area contributed by atoms with E-state index in [1.165, 1.54) is 0 Å². The Morgan fingerprint density at radius 1 is 1.44 bits per heavy atom. The van der Waals surface area contributed by atoms with Crippen LogP contribution in [0.1, 0.15) is 29.5 Å². The van der Waals surface area contributed by atoms with Gasteiger partial charge >= 0.3 is 0 Å². The second kappa shape index (κ2) is 5.49. The highest BCUT2D eigenvalue weighted by molar-refractivity contribution is 5.94. The number of rotatable bonds is 5. The van der Waals surface area contributed by atoms with Crippen molar-refractivity contribution in [3.63, 3.8) is 0 Å². The Balaban J connectivity index is 2.14. The molecule has 2 N–H and O–H groups in total. The first kappa shape index (κ1) is 12.4. The van der Waals surface area contributed by atoms with Crippen LogP contribution in [-0.4, -0.2) is 15.3 Å². The lowest BCUT2D eigenvalue weighted by molar-refractivity contribution is 0.0979. The largest absolute Gasteiger partial charge is 0.399 e. The fourth-order valence-electron chi connectivity index (χ4n) is 1.95. The fourth-order valence-corrected chi connectivity index (χ4v) is 1.95. The van der Waals surface area contributed by atoms with Gasteiger partial charge in [-0.1, -0.05) is 19.1 Å². The van der Waals surface area contributed by atoms with Crippen LogP contribution in [0.3, 0.4) is 0 Å². The SMILES string of the molecule is CCCn1ccnc1C(=O)Cc1cccc(N)c1. The lowest BCUT2D eigenvalue weighted by Gasteiger charge is -2.05. The molecular weight excluding hydrogens is 226 g/mol. The third-order valence-corrected chi connectivity index (χ3v) is 2.75. The van der Waals surface area contributed by atoms with Gasteiger partial charge in [0.25, 0.3) is 0 Å². The van der Waals surface area contributed by atoms with Gasteiger partial charge < -0.3 is 10.3 Å². The van der Waals surface area contributed by atoms with Crippen LogP contribution in [0.5, 0.6) is 0 Å². The van der Waals surface area contributed by atoms with E-state index in [1.807, 2.05) is 35.0 Å². The zero-order valence-corrected chi connectivity index (χ0v) is 10.5. The van der Waals surface area contributed by atoms with Crippen LogP contribution in [0, 0.1) is 0 Å². The maximum atomic E-state index is 12.2. The molecule has 1 heterocycles. The van der Waals surface area contributed by atoms with Gasteiger partial charge in [0.1, 0.15) is 0 Å². The van der Waals surface area contributed by atoms with Crippen molar-refractivity contribution in [3.05, 3.63) is 48.0 Å². The van der Waals surface area contributed by atoms with Gasteiger partial charge in [0, 0.05) is 31.0 Å². The Bertz CT molecular complexity index is 545. The van der Waals surface area contributed by atoms with E-state index in [9.17, 15) is 4.79 Å². The van der Waals surface area contributed by atoms with Crippen LogP contribution in [0.15, 0.2) is 36.7 Å². The Kier molecular flexibility index (Phi) is 3.77. The first-order valence-corrected chi connectivity index (χ1v) is 6.09. The van der Waals surface area contributed by atoms with E-state index in [-0.39, 0.29) is 5.78 Å². The number of Topliss-reactive ketones (excluding diaryl/α,β-unsaturated/α-hetero) is 1. The summed E-state index contributed by atoms with van der Waals surface area (Å²) in [4.78, 5) is 16.3. The molecule has 4 nitrogen and oxygen atoms in total. The predicted molar refractivity (Wildman–Crippen MR) is 71.4 cm³/mol. The minimum Gasteiger partial charge on any atom is -0.399 e. The number of nitrogen functional groups attached to an aromatic ring is 1. The number of carbonyl (C=O) groups is 1. The molecule has 0 unspecified atom stereocenters. The summed E-state index contributed by atoms with van der Waals surface area (Å²) in [6, 6.07) is 7.40. The number of benzene rings is 1. The average Bonchev–Trinajstić information content (AvgIpc) is 2.78. The summed E-state index contributed by atoms with van der Waals surface area (Å²) >= 11 is 0. The van der Waals surface area contributed by atoms with Crippen LogP contribution >= 0.6 is 0 Å². The number of aryl methyl sites for hydroxylation is 1. The van der Waals surface area contributed by atoms with E-state index in [4.69, 9.17) is 5.73 Å². The number of ketones is 1. The molecule has 1 aromatic heterocycles. The maximum absolute atomic E-state index is 12.2. The van der Waals surface area contributed by atoms with Gasteiger partial charge in [-0.3, -0.25) is 4.79 Å². The van der Waals surface area contributed by atoms with Crippen LogP contribution in [-0.2, 0) is 13.0 Å². The normalized spacial score (nSPS) is 10.5. The molecule has 0 spiro atoms. The molecule has 18 heavy (non-hydrogen) atoms. The predicted octanol–water partition coefficient (Wildman–Crippen LogP) is 2.30. The quantitative estimate of drug-likeness (QED) is 0.647. The summed E-state index contributed by atoms with van der Waals surface area (Å²) < 4.78 is 1.90. The van der Waals surface area contributed by atoms with Crippen LogP contribution in [0.2, 0.25) is 0 Å². The van der Waals surface area contributed by atoms with Crippen LogP contribution in [0.4, 0.5) is 5.69 Å². The third-order valence-electron chi connectivity index (χ3n) is 2.75. The molecule has 0 bridgehead atoms. The van der Waals surface area contributed by atoms with E-state index in [1.54, 1.807) is 6.20 Å².